The van der Waals surface area contributed by atoms with Gasteiger partial charge in [-0.3, -0.25) is 4.98 Å². The molecule has 0 saturated carbocycles. The second-order valence-electron chi connectivity index (χ2n) is 7.78. The quantitative estimate of drug-likeness (QED) is 0.338. The van der Waals surface area contributed by atoms with Crippen molar-refractivity contribution in [2.45, 2.75) is 20.5 Å². The molecule has 31 heavy (non-hydrogen) atoms. The molecule has 4 nitrogen and oxygen atoms in total. The zero-order chi connectivity index (χ0) is 21.4. The lowest BCUT2D eigenvalue weighted by atomic mass is 10.1. The van der Waals surface area contributed by atoms with Gasteiger partial charge in [0, 0.05) is 28.9 Å². The van der Waals surface area contributed by atoms with Gasteiger partial charge >= 0.3 is 0 Å². The highest BCUT2D eigenvalue weighted by Crippen LogP contribution is 2.34. The molecule has 0 radical (unpaired) electrons. The van der Waals surface area contributed by atoms with Crippen molar-refractivity contribution in [1.82, 2.24) is 9.55 Å². The van der Waals surface area contributed by atoms with E-state index in [1.54, 1.807) is 7.11 Å². The summed E-state index contributed by atoms with van der Waals surface area (Å²) in [6, 6.07) is 22.6. The number of methoxy groups -OCH3 is 1. The predicted octanol–water partition coefficient (Wildman–Crippen LogP) is 6.38. The van der Waals surface area contributed by atoms with Crippen molar-refractivity contribution in [3.8, 4) is 17.2 Å². The molecule has 0 bridgehead atoms. The molecule has 0 aliphatic heterocycles. The highest BCUT2D eigenvalue weighted by molar-refractivity contribution is 6.07. The summed E-state index contributed by atoms with van der Waals surface area (Å²) >= 11 is 0. The first-order chi connectivity index (χ1) is 15.2. The molecule has 3 aromatic carbocycles. The molecule has 0 spiro atoms. The van der Waals surface area contributed by atoms with E-state index in [4.69, 9.17) is 9.47 Å². The first kappa shape index (κ1) is 19.2. The van der Waals surface area contributed by atoms with Crippen molar-refractivity contribution in [1.29, 1.82) is 0 Å². The van der Waals surface area contributed by atoms with Crippen molar-refractivity contribution in [3.05, 3.63) is 95.8 Å². The third kappa shape index (κ3) is 3.40. The number of rotatable bonds is 5. The maximum Gasteiger partial charge on any atom is 0.145 e. The smallest absolute Gasteiger partial charge is 0.145 e. The minimum absolute atomic E-state index is 0.557. The Balaban J connectivity index is 1.58. The van der Waals surface area contributed by atoms with Crippen LogP contribution in [-0.4, -0.2) is 16.7 Å². The first-order valence-corrected chi connectivity index (χ1v) is 10.4. The number of benzene rings is 3. The van der Waals surface area contributed by atoms with E-state index in [1.165, 1.54) is 5.56 Å². The number of nitrogens with zero attached hydrogens (tertiary/aromatic N) is 2. The van der Waals surface area contributed by atoms with Gasteiger partial charge in [0.1, 0.15) is 23.6 Å². The molecule has 0 atom stereocenters. The van der Waals surface area contributed by atoms with Crippen molar-refractivity contribution in [2.24, 2.45) is 0 Å². The first-order valence-electron chi connectivity index (χ1n) is 10.4. The maximum atomic E-state index is 6.02. The standard InChI is InChI=1S/C27H24N2O2/c1-18-14-21(31-17-20-8-5-4-6-9-20)12-13-24(18)29-16-19(2)23-15-28-26-22(27(23)29)10-7-11-25(26)30-3/h4-16H,17H2,1-3H3. The van der Waals surface area contributed by atoms with Gasteiger partial charge in [-0.15, -0.1) is 0 Å². The molecule has 0 saturated heterocycles. The molecular formula is C27H24N2O2. The van der Waals surface area contributed by atoms with E-state index in [-0.39, 0.29) is 0 Å². The number of fused-ring (bicyclic) bond motifs is 3. The van der Waals surface area contributed by atoms with Gasteiger partial charge in [-0.2, -0.15) is 0 Å². The van der Waals surface area contributed by atoms with Gasteiger partial charge in [-0.25, -0.2) is 0 Å². The van der Waals surface area contributed by atoms with E-state index in [0.29, 0.717) is 6.61 Å². The summed E-state index contributed by atoms with van der Waals surface area (Å²) in [6.07, 6.45) is 4.12. The van der Waals surface area contributed by atoms with Crippen LogP contribution < -0.4 is 9.47 Å². The second-order valence-corrected chi connectivity index (χ2v) is 7.78. The molecule has 0 amide bonds. The summed E-state index contributed by atoms with van der Waals surface area (Å²) in [7, 11) is 1.68. The Morgan fingerprint density at radius 1 is 0.871 bits per heavy atom. The second kappa shape index (κ2) is 7.80. The van der Waals surface area contributed by atoms with Gasteiger partial charge in [-0.1, -0.05) is 42.5 Å². The molecule has 5 rings (SSSR count). The van der Waals surface area contributed by atoms with E-state index in [1.807, 2.05) is 42.6 Å². The fourth-order valence-electron chi connectivity index (χ4n) is 4.14. The molecule has 154 valence electrons. The Labute approximate surface area is 181 Å². The fraction of sp³-hybridized carbons (Fsp3) is 0.148. The van der Waals surface area contributed by atoms with Gasteiger partial charge in [0.05, 0.1) is 12.6 Å². The average molecular weight is 409 g/mol. The van der Waals surface area contributed by atoms with E-state index in [9.17, 15) is 0 Å². The molecule has 0 N–H and O–H groups in total. The summed E-state index contributed by atoms with van der Waals surface area (Å²) < 4.78 is 13.8. The summed E-state index contributed by atoms with van der Waals surface area (Å²) in [6.45, 7) is 4.80. The molecule has 0 aliphatic rings. The van der Waals surface area contributed by atoms with Gasteiger partial charge < -0.3 is 14.0 Å². The van der Waals surface area contributed by atoms with Crippen LogP contribution in [0, 0.1) is 13.8 Å². The molecule has 5 aromatic rings. The normalized spacial score (nSPS) is 11.2. The van der Waals surface area contributed by atoms with Crippen LogP contribution in [0.4, 0.5) is 0 Å². The van der Waals surface area contributed by atoms with Crippen LogP contribution in [0.1, 0.15) is 16.7 Å². The lowest BCUT2D eigenvalue weighted by Gasteiger charge is -2.14. The van der Waals surface area contributed by atoms with E-state index in [0.717, 1.165) is 50.1 Å². The number of para-hydroxylation sites is 1. The maximum absolute atomic E-state index is 6.02. The minimum atomic E-state index is 0.557. The van der Waals surface area contributed by atoms with E-state index < -0.39 is 0 Å². The Morgan fingerprint density at radius 2 is 1.71 bits per heavy atom. The molecule has 0 unspecified atom stereocenters. The number of hydrogen-bond acceptors (Lipinski definition) is 3. The summed E-state index contributed by atoms with van der Waals surface area (Å²) in [5.74, 6) is 1.65. The van der Waals surface area contributed by atoms with E-state index >= 15 is 0 Å². The summed E-state index contributed by atoms with van der Waals surface area (Å²) in [5.41, 5.74) is 6.63. The molecule has 0 aliphatic carbocycles. The SMILES string of the molecule is COc1cccc2c1ncc1c(C)cn(-c3ccc(OCc4ccccc4)cc3C)c12. The summed E-state index contributed by atoms with van der Waals surface area (Å²) in [4.78, 5) is 4.68. The predicted molar refractivity (Wildman–Crippen MR) is 125 cm³/mol. The zero-order valence-corrected chi connectivity index (χ0v) is 17.9. The molecular weight excluding hydrogens is 384 g/mol. The van der Waals surface area contributed by atoms with Gasteiger partial charge in [-0.05, 0) is 54.8 Å². The monoisotopic (exact) mass is 408 g/mol. The number of hydrogen-bond donors (Lipinski definition) is 0. The minimum Gasteiger partial charge on any atom is -0.494 e. The van der Waals surface area contributed by atoms with Gasteiger partial charge in [0.25, 0.3) is 0 Å². The molecule has 4 heteroatoms. The van der Waals surface area contributed by atoms with Crippen LogP contribution >= 0.6 is 0 Å². The van der Waals surface area contributed by atoms with Crippen LogP contribution in [0.15, 0.2) is 79.1 Å². The Bertz CT molecular complexity index is 1390. The number of pyridine rings is 1. The average Bonchev–Trinajstić information content (AvgIpc) is 3.14. The van der Waals surface area contributed by atoms with Crippen molar-refractivity contribution < 1.29 is 9.47 Å². The third-order valence-electron chi connectivity index (χ3n) is 5.72. The molecule has 0 fully saturated rings. The van der Waals surface area contributed by atoms with Crippen LogP contribution in [-0.2, 0) is 6.61 Å². The number of aromatic nitrogens is 2. The zero-order valence-electron chi connectivity index (χ0n) is 17.9. The van der Waals surface area contributed by atoms with Crippen molar-refractivity contribution in [3.63, 3.8) is 0 Å². The largest absolute Gasteiger partial charge is 0.494 e. The van der Waals surface area contributed by atoms with Crippen LogP contribution in [0.3, 0.4) is 0 Å². The van der Waals surface area contributed by atoms with E-state index in [2.05, 4.69) is 59.9 Å². The van der Waals surface area contributed by atoms with Crippen LogP contribution in [0.2, 0.25) is 0 Å². The van der Waals surface area contributed by atoms with Crippen LogP contribution in [0.25, 0.3) is 27.5 Å². The Morgan fingerprint density at radius 3 is 2.48 bits per heavy atom. The molecule has 2 aromatic heterocycles. The van der Waals surface area contributed by atoms with Crippen molar-refractivity contribution in [2.75, 3.05) is 7.11 Å². The van der Waals surface area contributed by atoms with Crippen LogP contribution in [0.5, 0.6) is 11.5 Å². The fourth-order valence-corrected chi connectivity index (χ4v) is 4.14. The number of ether oxygens (including phenoxy) is 2. The lowest BCUT2D eigenvalue weighted by Crippen LogP contribution is -1.99. The van der Waals surface area contributed by atoms with Gasteiger partial charge in [0.2, 0.25) is 0 Å². The summed E-state index contributed by atoms with van der Waals surface area (Å²) in [5, 5.41) is 2.22. The lowest BCUT2D eigenvalue weighted by molar-refractivity contribution is 0.306. The van der Waals surface area contributed by atoms with Gasteiger partial charge in [0.15, 0.2) is 0 Å². The Hall–Kier alpha value is -3.79. The van der Waals surface area contributed by atoms with Crippen molar-refractivity contribution >= 4 is 21.8 Å². The topological polar surface area (TPSA) is 36.3 Å². The third-order valence-corrected chi connectivity index (χ3v) is 5.72. The Kier molecular flexibility index (Phi) is 4.83. The highest BCUT2D eigenvalue weighted by Gasteiger charge is 2.15. The highest BCUT2D eigenvalue weighted by atomic mass is 16.5. The molecule has 2 heterocycles. The number of aryl methyl sites for hydroxylation is 2.